The van der Waals surface area contributed by atoms with Gasteiger partial charge in [0, 0.05) is 6.42 Å². The molecule has 0 spiro atoms. The van der Waals surface area contributed by atoms with Crippen molar-refractivity contribution < 1.29 is 44.4 Å². The molecular formula is C16H28N4O9. The summed E-state index contributed by atoms with van der Waals surface area (Å²) in [6.07, 6.45) is -3.81. The SMILES string of the molecule is CC(N)C(=O)NC(C(=O)NC(CCC(=O)O)C(=O)NC(C(=O)O)C(C)O)C(C)O. The number of nitrogens with one attached hydrogen (secondary N) is 3. The Bertz CT molecular complexity index is 622. The van der Waals surface area contributed by atoms with Crippen LogP contribution in [0.4, 0.5) is 0 Å². The number of aliphatic hydroxyl groups excluding tert-OH is 2. The number of hydrogen-bond acceptors (Lipinski definition) is 8. The van der Waals surface area contributed by atoms with Crippen LogP contribution in [0.5, 0.6) is 0 Å². The molecule has 6 unspecified atom stereocenters. The lowest BCUT2D eigenvalue weighted by Gasteiger charge is -2.26. The highest BCUT2D eigenvalue weighted by atomic mass is 16.4. The molecule has 0 aromatic heterocycles. The summed E-state index contributed by atoms with van der Waals surface area (Å²) in [5.41, 5.74) is 5.39. The Labute approximate surface area is 166 Å². The van der Waals surface area contributed by atoms with Gasteiger partial charge in [-0.3, -0.25) is 19.2 Å². The Morgan fingerprint density at radius 1 is 0.793 bits per heavy atom. The highest BCUT2D eigenvalue weighted by Gasteiger charge is 2.33. The van der Waals surface area contributed by atoms with E-state index in [4.69, 9.17) is 15.9 Å². The molecule has 13 heteroatoms. The van der Waals surface area contributed by atoms with Gasteiger partial charge in [0.05, 0.1) is 18.2 Å². The molecule has 0 heterocycles. The van der Waals surface area contributed by atoms with Gasteiger partial charge in [0.25, 0.3) is 0 Å². The first-order valence-corrected chi connectivity index (χ1v) is 8.75. The Morgan fingerprint density at radius 3 is 1.66 bits per heavy atom. The van der Waals surface area contributed by atoms with E-state index in [2.05, 4.69) is 10.6 Å². The van der Waals surface area contributed by atoms with Gasteiger partial charge in [-0.1, -0.05) is 0 Å². The number of carbonyl (C=O) groups is 5. The minimum Gasteiger partial charge on any atom is -0.481 e. The second-order valence-electron chi connectivity index (χ2n) is 6.57. The third-order valence-corrected chi connectivity index (χ3v) is 3.80. The topological polar surface area (TPSA) is 228 Å². The maximum Gasteiger partial charge on any atom is 0.328 e. The van der Waals surface area contributed by atoms with Crippen molar-refractivity contribution in [2.24, 2.45) is 5.73 Å². The van der Waals surface area contributed by atoms with E-state index in [1.54, 1.807) is 0 Å². The Hall–Kier alpha value is -2.77. The molecule has 13 nitrogen and oxygen atoms in total. The smallest absolute Gasteiger partial charge is 0.328 e. The van der Waals surface area contributed by atoms with Crippen molar-refractivity contribution in [1.82, 2.24) is 16.0 Å². The lowest BCUT2D eigenvalue weighted by Crippen LogP contribution is -2.60. The van der Waals surface area contributed by atoms with Gasteiger partial charge >= 0.3 is 11.9 Å². The molecular weight excluding hydrogens is 392 g/mol. The minimum atomic E-state index is -1.70. The summed E-state index contributed by atoms with van der Waals surface area (Å²) in [6, 6.07) is -5.69. The summed E-state index contributed by atoms with van der Waals surface area (Å²) in [6.45, 7) is 3.67. The lowest BCUT2D eigenvalue weighted by atomic mass is 10.1. The van der Waals surface area contributed by atoms with Crippen molar-refractivity contribution in [1.29, 1.82) is 0 Å². The average Bonchev–Trinajstić information content (AvgIpc) is 2.58. The lowest BCUT2D eigenvalue weighted by molar-refractivity contribution is -0.145. The summed E-state index contributed by atoms with van der Waals surface area (Å²) in [7, 11) is 0. The van der Waals surface area contributed by atoms with E-state index in [0.717, 1.165) is 6.92 Å². The van der Waals surface area contributed by atoms with Crippen LogP contribution < -0.4 is 21.7 Å². The van der Waals surface area contributed by atoms with Crippen LogP contribution in [0.1, 0.15) is 33.6 Å². The number of aliphatic carboxylic acids is 2. The molecule has 0 aromatic carbocycles. The normalized spacial score (nSPS) is 17.0. The first kappa shape index (κ1) is 26.2. The van der Waals surface area contributed by atoms with Crippen LogP contribution in [-0.2, 0) is 24.0 Å². The molecule has 9 N–H and O–H groups in total. The fourth-order valence-corrected chi connectivity index (χ4v) is 2.13. The number of nitrogens with two attached hydrogens (primary N) is 1. The summed E-state index contributed by atoms with van der Waals surface area (Å²) in [5.74, 6) is -5.64. The van der Waals surface area contributed by atoms with Gasteiger partial charge in [0.15, 0.2) is 6.04 Å². The van der Waals surface area contributed by atoms with Gasteiger partial charge in [0.2, 0.25) is 17.7 Å². The standard InChI is InChI=1S/C16H28N4O9/c1-6(17)13(25)19-11(7(2)21)15(27)18-9(4-5-10(23)24)14(26)20-12(8(3)22)16(28)29/h6-9,11-12,21-22H,4-5,17H2,1-3H3,(H,18,27)(H,19,25)(H,20,26)(H,23,24)(H,28,29). The van der Waals surface area contributed by atoms with Crippen molar-refractivity contribution in [3.8, 4) is 0 Å². The zero-order chi connectivity index (χ0) is 22.9. The van der Waals surface area contributed by atoms with Crippen LogP contribution in [0.3, 0.4) is 0 Å². The summed E-state index contributed by atoms with van der Waals surface area (Å²) >= 11 is 0. The number of carboxylic acids is 2. The largest absolute Gasteiger partial charge is 0.481 e. The zero-order valence-corrected chi connectivity index (χ0v) is 16.3. The maximum absolute atomic E-state index is 12.4. The van der Waals surface area contributed by atoms with Crippen LogP contribution in [-0.4, -0.2) is 86.5 Å². The van der Waals surface area contributed by atoms with E-state index in [9.17, 15) is 34.2 Å². The molecule has 0 saturated heterocycles. The monoisotopic (exact) mass is 420 g/mol. The third kappa shape index (κ3) is 9.32. The van der Waals surface area contributed by atoms with Gasteiger partial charge < -0.3 is 42.1 Å². The first-order chi connectivity index (χ1) is 13.3. The predicted octanol–water partition coefficient (Wildman–Crippen LogP) is -3.50. The zero-order valence-electron chi connectivity index (χ0n) is 16.3. The number of aliphatic hydroxyl groups is 2. The molecule has 0 radical (unpaired) electrons. The molecule has 0 aliphatic heterocycles. The minimum absolute atomic E-state index is 0.410. The Morgan fingerprint density at radius 2 is 1.28 bits per heavy atom. The van der Waals surface area contributed by atoms with Gasteiger partial charge in [-0.15, -0.1) is 0 Å². The molecule has 0 aliphatic rings. The summed E-state index contributed by atoms with van der Waals surface area (Å²) in [4.78, 5) is 58.5. The van der Waals surface area contributed by atoms with Crippen LogP contribution in [0, 0.1) is 0 Å². The van der Waals surface area contributed by atoms with Crippen molar-refractivity contribution in [2.45, 2.75) is 70.0 Å². The van der Waals surface area contributed by atoms with E-state index >= 15 is 0 Å². The number of carboxylic acid groups (broad SMARTS) is 2. The average molecular weight is 420 g/mol. The van der Waals surface area contributed by atoms with Gasteiger partial charge in [-0.25, -0.2) is 4.79 Å². The molecule has 0 aliphatic carbocycles. The maximum atomic E-state index is 12.4. The molecule has 6 atom stereocenters. The Balaban J connectivity index is 5.44. The van der Waals surface area contributed by atoms with Gasteiger partial charge in [-0.05, 0) is 27.2 Å². The number of rotatable bonds is 12. The molecule has 0 bridgehead atoms. The van der Waals surface area contributed by atoms with Gasteiger partial charge in [-0.2, -0.15) is 0 Å². The fraction of sp³-hybridized carbons (Fsp3) is 0.688. The second kappa shape index (κ2) is 11.9. The Kier molecular flexibility index (Phi) is 10.8. The van der Waals surface area contributed by atoms with Crippen molar-refractivity contribution >= 4 is 29.7 Å². The molecule has 0 fully saturated rings. The second-order valence-corrected chi connectivity index (χ2v) is 6.57. The summed E-state index contributed by atoms with van der Waals surface area (Å²) in [5, 5.41) is 43.4. The molecule has 0 aromatic rings. The van der Waals surface area contributed by atoms with Crippen molar-refractivity contribution in [3.05, 3.63) is 0 Å². The van der Waals surface area contributed by atoms with Crippen molar-refractivity contribution in [3.63, 3.8) is 0 Å². The number of hydrogen-bond donors (Lipinski definition) is 8. The molecule has 0 rings (SSSR count). The van der Waals surface area contributed by atoms with E-state index in [-0.39, 0.29) is 0 Å². The van der Waals surface area contributed by atoms with Crippen LogP contribution in [0.2, 0.25) is 0 Å². The van der Waals surface area contributed by atoms with E-state index in [1.807, 2.05) is 5.32 Å². The van der Waals surface area contributed by atoms with E-state index in [1.165, 1.54) is 13.8 Å². The van der Waals surface area contributed by atoms with Crippen LogP contribution >= 0.6 is 0 Å². The molecule has 29 heavy (non-hydrogen) atoms. The number of carbonyl (C=O) groups excluding carboxylic acids is 3. The molecule has 0 saturated carbocycles. The summed E-state index contributed by atoms with van der Waals surface area (Å²) < 4.78 is 0. The first-order valence-electron chi connectivity index (χ1n) is 8.75. The van der Waals surface area contributed by atoms with Gasteiger partial charge in [0.1, 0.15) is 12.1 Å². The van der Waals surface area contributed by atoms with E-state index < -0.39 is 78.9 Å². The predicted molar refractivity (Wildman–Crippen MR) is 97.3 cm³/mol. The molecule has 3 amide bonds. The highest BCUT2D eigenvalue weighted by molar-refractivity contribution is 5.94. The number of amides is 3. The van der Waals surface area contributed by atoms with E-state index in [0.29, 0.717) is 0 Å². The highest BCUT2D eigenvalue weighted by Crippen LogP contribution is 2.04. The van der Waals surface area contributed by atoms with Crippen LogP contribution in [0.25, 0.3) is 0 Å². The quantitative estimate of drug-likeness (QED) is 0.155. The fourth-order valence-electron chi connectivity index (χ4n) is 2.13. The third-order valence-electron chi connectivity index (χ3n) is 3.80. The molecule has 166 valence electrons. The van der Waals surface area contributed by atoms with Crippen molar-refractivity contribution in [2.75, 3.05) is 0 Å². The van der Waals surface area contributed by atoms with Crippen LogP contribution in [0.15, 0.2) is 0 Å².